The lowest BCUT2D eigenvalue weighted by Gasteiger charge is -2.13. The molecule has 5 aromatic rings. The van der Waals surface area contributed by atoms with E-state index in [1.807, 2.05) is 36.6 Å². The number of benzene rings is 1. The Labute approximate surface area is 193 Å². The molecule has 0 saturated heterocycles. The third kappa shape index (κ3) is 3.96. The molecule has 0 aliphatic rings. The van der Waals surface area contributed by atoms with E-state index < -0.39 is 0 Å². The summed E-state index contributed by atoms with van der Waals surface area (Å²) in [4.78, 5) is 9.70. The monoisotopic (exact) mass is 460 g/mol. The second-order valence-corrected chi connectivity index (χ2v) is 9.60. The molecule has 160 valence electrons. The fourth-order valence-corrected chi connectivity index (χ4v) is 4.79. The highest BCUT2D eigenvalue weighted by Crippen LogP contribution is 2.37. The molecule has 1 atom stereocenters. The zero-order chi connectivity index (χ0) is 22.1. The molecule has 9 heteroatoms. The van der Waals surface area contributed by atoms with Crippen LogP contribution in [0.1, 0.15) is 29.2 Å². The second-order valence-electron chi connectivity index (χ2n) is 7.34. The van der Waals surface area contributed by atoms with E-state index >= 15 is 0 Å². The molecule has 1 aromatic carbocycles. The van der Waals surface area contributed by atoms with Crippen LogP contribution in [0.25, 0.3) is 27.8 Å². The van der Waals surface area contributed by atoms with Crippen molar-refractivity contribution in [3.63, 3.8) is 0 Å². The van der Waals surface area contributed by atoms with Gasteiger partial charge in [-0.15, -0.1) is 21.5 Å². The Kier molecular flexibility index (Phi) is 5.59. The molecule has 4 aromatic heterocycles. The molecular weight excluding hydrogens is 440 g/mol. The van der Waals surface area contributed by atoms with E-state index in [0.717, 1.165) is 27.1 Å². The van der Waals surface area contributed by atoms with Crippen LogP contribution in [0, 0.1) is 13.8 Å². The quantitative estimate of drug-likeness (QED) is 0.291. The lowest BCUT2D eigenvalue weighted by molar-refractivity contribution is 0.380. The van der Waals surface area contributed by atoms with Crippen molar-refractivity contribution in [2.24, 2.45) is 0 Å². The van der Waals surface area contributed by atoms with E-state index in [1.54, 1.807) is 23.7 Å². The highest BCUT2D eigenvalue weighted by atomic mass is 32.2. The third-order valence-electron chi connectivity index (χ3n) is 5.13. The number of aryl methyl sites for hydroxylation is 2. The van der Waals surface area contributed by atoms with Gasteiger partial charge in [0.15, 0.2) is 11.0 Å². The van der Waals surface area contributed by atoms with Crippen LogP contribution < -0.4 is 0 Å². The number of nitrogens with zero attached hydrogens (tertiary/aromatic N) is 6. The van der Waals surface area contributed by atoms with Crippen LogP contribution in [-0.4, -0.2) is 29.9 Å². The Morgan fingerprint density at radius 2 is 1.88 bits per heavy atom. The summed E-state index contributed by atoms with van der Waals surface area (Å²) in [6, 6.07) is 14.2. The van der Waals surface area contributed by atoms with E-state index in [2.05, 4.69) is 61.9 Å². The van der Waals surface area contributed by atoms with Gasteiger partial charge in [0.05, 0.1) is 15.8 Å². The lowest BCUT2D eigenvalue weighted by atomic mass is 10.1. The van der Waals surface area contributed by atoms with Gasteiger partial charge in [0, 0.05) is 18.0 Å². The van der Waals surface area contributed by atoms with E-state index in [1.165, 1.54) is 22.9 Å². The minimum atomic E-state index is -0.101. The molecular formula is C23H20N6OS2. The number of thiophene rings is 1. The van der Waals surface area contributed by atoms with Crippen LogP contribution in [0.2, 0.25) is 0 Å². The average molecular weight is 461 g/mol. The summed E-state index contributed by atoms with van der Waals surface area (Å²) in [5.74, 6) is 1.92. The normalized spacial score (nSPS) is 12.2. The van der Waals surface area contributed by atoms with Crippen LogP contribution >= 0.6 is 23.1 Å². The second kappa shape index (κ2) is 8.68. The third-order valence-corrected chi connectivity index (χ3v) is 7.03. The SMILES string of the molecule is Cc1ccc(-n2c(SC(C)c3nc(-c4cccs4)no3)nnc2-c2ccncc2)cc1C. The zero-order valence-corrected chi connectivity index (χ0v) is 19.4. The van der Waals surface area contributed by atoms with Gasteiger partial charge in [0.2, 0.25) is 11.7 Å². The van der Waals surface area contributed by atoms with Gasteiger partial charge >= 0.3 is 0 Å². The van der Waals surface area contributed by atoms with Crippen LogP contribution in [0.4, 0.5) is 0 Å². The topological polar surface area (TPSA) is 82.5 Å². The first-order chi connectivity index (χ1) is 15.6. The van der Waals surface area contributed by atoms with Crippen LogP contribution in [0.15, 0.2) is 69.9 Å². The Morgan fingerprint density at radius 1 is 1.03 bits per heavy atom. The highest BCUT2D eigenvalue weighted by molar-refractivity contribution is 7.99. The summed E-state index contributed by atoms with van der Waals surface area (Å²) in [7, 11) is 0. The molecule has 0 saturated carbocycles. The molecule has 0 aliphatic heterocycles. The Bertz CT molecular complexity index is 1340. The van der Waals surface area contributed by atoms with Crippen molar-refractivity contribution in [2.75, 3.05) is 0 Å². The first-order valence-electron chi connectivity index (χ1n) is 10.1. The molecule has 1 unspecified atom stereocenters. The van der Waals surface area contributed by atoms with Crippen molar-refractivity contribution in [1.82, 2.24) is 29.9 Å². The summed E-state index contributed by atoms with van der Waals surface area (Å²) in [5, 5.41) is 15.8. The summed E-state index contributed by atoms with van der Waals surface area (Å²) in [5.41, 5.74) is 4.40. The lowest BCUT2D eigenvalue weighted by Crippen LogP contribution is -2.02. The van der Waals surface area contributed by atoms with Crippen molar-refractivity contribution in [2.45, 2.75) is 31.2 Å². The minimum absolute atomic E-state index is 0.101. The summed E-state index contributed by atoms with van der Waals surface area (Å²) in [6.07, 6.45) is 3.52. The first kappa shape index (κ1) is 20.6. The van der Waals surface area contributed by atoms with Gasteiger partial charge in [-0.2, -0.15) is 4.98 Å². The average Bonchev–Trinajstić information content (AvgIpc) is 3.57. The highest BCUT2D eigenvalue weighted by Gasteiger charge is 2.23. The molecule has 0 radical (unpaired) electrons. The van der Waals surface area contributed by atoms with Crippen LogP contribution in [0.5, 0.6) is 0 Å². The van der Waals surface area contributed by atoms with E-state index in [0.29, 0.717) is 11.7 Å². The van der Waals surface area contributed by atoms with Crippen molar-refractivity contribution in [3.8, 4) is 27.8 Å². The van der Waals surface area contributed by atoms with E-state index in [4.69, 9.17) is 4.52 Å². The molecule has 7 nitrogen and oxygen atoms in total. The summed E-state index contributed by atoms with van der Waals surface area (Å²) < 4.78 is 7.62. The molecule has 5 rings (SSSR count). The van der Waals surface area contributed by atoms with E-state index in [-0.39, 0.29) is 5.25 Å². The molecule has 0 N–H and O–H groups in total. The smallest absolute Gasteiger partial charge is 0.240 e. The maximum absolute atomic E-state index is 5.55. The summed E-state index contributed by atoms with van der Waals surface area (Å²) >= 11 is 3.12. The number of pyridine rings is 1. The van der Waals surface area contributed by atoms with Crippen LogP contribution in [0.3, 0.4) is 0 Å². The predicted octanol–water partition coefficient (Wildman–Crippen LogP) is 5.91. The number of hydrogen-bond donors (Lipinski definition) is 0. The molecule has 0 aliphatic carbocycles. The molecule has 0 fully saturated rings. The van der Waals surface area contributed by atoms with Crippen molar-refractivity contribution in [1.29, 1.82) is 0 Å². The van der Waals surface area contributed by atoms with Gasteiger partial charge in [-0.25, -0.2) is 0 Å². The van der Waals surface area contributed by atoms with Gasteiger partial charge < -0.3 is 4.52 Å². The number of thioether (sulfide) groups is 1. The van der Waals surface area contributed by atoms with Crippen molar-refractivity contribution >= 4 is 23.1 Å². The minimum Gasteiger partial charge on any atom is -0.338 e. The number of aromatic nitrogens is 6. The van der Waals surface area contributed by atoms with Gasteiger partial charge in [-0.3, -0.25) is 9.55 Å². The predicted molar refractivity (Wildman–Crippen MR) is 126 cm³/mol. The molecule has 0 amide bonds. The fraction of sp³-hybridized carbons (Fsp3) is 0.174. The summed E-state index contributed by atoms with van der Waals surface area (Å²) in [6.45, 7) is 6.24. The van der Waals surface area contributed by atoms with E-state index in [9.17, 15) is 0 Å². The molecule has 4 heterocycles. The molecule has 32 heavy (non-hydrogen) atoms. The standard InChI is InChI=1S/C23H20N6OS2/c1-14-6-7-18(13-15(14)2)29-21(17-8-10-24-11-9-17)26-27-23(29)32-16(3)22-25-20(28-30-22)19-5-4-12-31-19/h4-13,16H,1-3H3. The van der Waals surface area contributed by atoms with Crippen LogP contribution in [-0.2, 0) is 0 Å². The molecule has 0 spiro atoms. The number of hydrogen-bond acceptors (Lipinski definition) is 8. The maximum Gasteiger partial charge on any atom is 0.240 e. The molecule has 0 bridgehead atoms. The van der Waals surface area contributed by atoms with Gasteiger partial charge in [-0.05, 0) is 67.6 Å². The Balaban J connectivity index is 1.52. The largest absolute Gasteiger partial charge is 0.338 e. The number of rotatable bonds is 6. The van der Waals surface area contributed by atoms with Crippen molar-refractivity contribution in [3.05, 3.63) is 77.3 Å². The van der Waals surface area contributed by atoms with Gasteiger partial charge in [-0.1, -0.05) is 29.1 Å². The Hall–Kier alpha value is -3.30. The fourth-order valence-electron chi connectivity index (χ4n) is 3.25. The maximum atomic E-state index is 5.55. The first-order valence-corrected chi connectivity index (χ1v) is 11.8. The zero-order valence-electron chi connectivity index (χ0n) is 17.8. The Morgan fingerprint density at radius 3 is 2.62 bits per heavy atom. The van der Waals surface area contributed by atoms with Gasteiger partial charge in [0.1, 0.15) is 0 Å². The van der Waals surface area contributed by atoms with Crippen molar-refractivity contribution < 1.29 is 4.52 Å². The van der Waals surface area contributed by atoms with Gasteiger partial charge in [0.25, 0.3) is 0 Å².